The first-order valence-corrected chi connectivity index (χ1v) is 9.56. The van der Waals surface area contributed by atoms with E-state index in [9.17, 15) is 17.6 Å². The predicted molar refractivity (Wildman–Crippen MR) is 112 cm³/mol. The van der Waals surface area contributed by atoms with Crippen molar-refractivity contribution in [1.29, 1.82) is 0 Å². The number of halogens is 4. The maximum absolute atomic E-state index is 14.8. The van der Waals surface area contributed by atoms with Crippen molar-refractivity contribution < 1.29 is 17.6 Å². The Morgan fingerprint density at radius 1 is 0.793 bits per heavy atom. The zero-order chi connectivity index (χ0) is 22.2. The summed E-state index contributed by atoms with van der Waals surface area (Å²) in [6.45, 7) is 9.92. The van der Waals surface area contributed by atoms with E-state index in [1.807, 2.05) is 52.6 Å². The summed E-state index contributed by atoms with van der Waals surface area (Å²) in [5.41, 5.74) is 0.315. The van der Waals surface area contributed by atoms with Crippen LogP contribution in [-0.4, -0.2) is 25.2 Å². The van der Waals surface area contributed by atoms with Crippen molar-refractivity contribution >= 4 is 11.4 Å². The van der Waals surface area contributed by atoms with Crippen molar-refractivity contribution in [3.05, 3.63) is 59.4 Å². The molecule has 2 rings (SSSR count). The van der Waals surface area contributed by atoms with Gasteiger partial charge in [-0.05, 0) is 76.9 Å². The molecular weight excluding hydrogens is 380 g/mol. The zero-order valence-corrected chi connectivity index (χ0v) is 18.2. The van der Waals surface area contributed by atoms with Crippen LogP contribution in [0.4, 0.5) is 28.9 Å². The number of rotatable bonds is 5. The number of benzene rings is 2. The van der Waals surface area contributed by atoms with Crippen molar-refractivity contribution in [3.8, 4) is 0 Å². The fourth-order valence-corrected chi connectivity index (χ4v) is 3.10. The molecule has 0 saturated heterocycles. The van der Waals surface area contributed by atoms with Crippen LogP contribution in [0.3, 0.4) is 0 Å². The van der Waals surface area contributed by atoms with Crippen LogP contribution in [0, 0.1) is 5.82 Å². The lowest BCUT2D eigenvalue weighted by Gasteiger charge is -2.38. The molecule has 0 saturated carbocycles. The van der Waals surface area contributed by atoms with E-state index in [4.69, 9.17) is 0 Å². The van der Waals surface area contributed by atoms with Crippen molar-refractivity contribution in [2.24, 2.45) is 0 Å². The molecule has 2 aromatic rings. The predicted octanol–water partition coefficient (Wildman–Crippen LogP) is 6.54. The second kappa shape index (κ2) is 7.88. The monoisotopic (exact) mass is 410 g/mol. The summed E-state index contributed by atoms with van der Waals surface area (Å²) in [5.74, 6) is -0.316. The average Bonchev–Trinajstić information content (AvgIpc) is 2.60. The summed E-state index contributed by atoms with van der Waals surface area (Å²) in [6, 6.07) is 10.4. The molecule has 6 heteroatoms. The standard InChI is InChI=1S/C23H30F4N2/c1-21(2,3)28(6)19-12-11-16(20(24)14-19)15-22(4,5)29(7)18-10-8-9-17(13-18)23(25,26)27/h8-14H,15H2,1-7H3. The van der Waals surface area contributed by atoms with Gasteiger partial charge in [0.05, 0.1) is 5.56 Å². The normalized spacial score (nSPS) is 12.8. The second-order valence-corrected chi connectivity index (χ2v) is 9.10. The lowest BCUT2D eigenvalue weighted by atomic mass is 9.92. The van der Waals surface area contributed by atoms with Crippen LogP contribution in [0.1, 0.15) is 45.7 Å². The minimum atomic E-state index is -4.40. The molecule has 0 fully saturated rings. The summed E-state index contributed by atoms with van der Waals surface area (Å²) in [7, 11) is 3.65. The second-order valence-electron chi connectivity index (χ2n) is 9.10. The van der Waals surface area contributed by atoms with Gasteiger partial charge in [-0.2, -0.15) is 13.2 Å². The first-order valence-electron chi connectivity index (χ1n) is 9.56. The Morgan fingerprint density at radius 3 is 1.90 bits per heavy atom. The molecule has 0 bridgehead atoms. The third kappa shape index (κ3) is 5.43. The lowest BCUT2D eigenvalue weighted by molar-refractivity contribution is -0.137. The van der Waals surface area contributed by atoms with Gasteiger partial charge in [-0.1, -0.05) is 12.1 Å². The molecule has 0 unspecified atom stereocenters. The fourth-order valence-electron chi connectivity index (χ4n) is 3.10. The molecule has 160 valence electrons. The number of anilines is 2. The maximum Gasteiger partial charge on any atom is 0.416 e. The Morgan fingerprint density at radius 2 is 1.38 bits per heavy atom. The van der Waals surface area contributed by atoms with Crippen LogP contribution in [0.5, 0.6) is 0 Å². The molecule has 0 radical (unpaired) electrons. The largest absolute Gasteiger partial charge is 0.416 e. The molecule has 0 spiro atoms. The molecule has 0 atom stereocenters. The maximum atomic E-state index is 14.8. The highest BCUT2D eigenvalue weighted by Gasteiger charge is 2.32. The van der Waals surface area contributed by atoms with E-state index >= 15 is 0 Å². The van der Waals surface area contributed by atoms with Gasteiger partial charge in [0.25, 0.3) is 0 Å². The van der Waals surface area contributed by atoms with Gasteiger partial charge in [0, 0.05) is 36.5 Å². The molecule has 0 aliphatic heterocycles. The Labute approximate surface area is 171 Å². The lowest BCUT2D eigenvalue weighted by Crippen LogP contribution is -2.43. The average molecular weight is 410 g/mol. The molecule has 0 aromatic heterocycles. The van der Waals surface area contributed by atoms with Crippen LogP contribution in [0.15, 0.2) is 42.5 Å². The molecule has 0 aliphatic carbocycles. The van der Waals surface area contributed by atoms with Gasteiger partial charge in [-0.25, -0.2) is 4.39 Å². The van der Waals surface area contributed by atoms with Crippen LogP contribution in [0.25, 0.3) is 0 Å². The van der Waals surface area contributed by atoms with Gasteiger partial charge in [0.1, 0.15) is 5.82 Å². The van der Waals surface area contributed by atoms with Crippen LogP contribution >= 0.6 is 0 Å². The summed E-state index contributed by atoms with van der Waals surface area (Å²) < 4.78 is 53.9. The minimum absolute atomic E-state index is 0.142. The van der Waals surface area contributed by atoms with E-state index in [1.165, 1.54) is 12.1 Å². The highest BCUT2D eigenvalue weighted by atomic mass is 19.4. The minimum Gasteiger partial charge on any atom is -0.370 e. The van der Waals surface area contributed by atoms with Crippen molar-refractivity contribution in [1.82, 2.24) is 0 Å². The topological polar surface area (TPSA) is 6.48 Å². The fraction of sp³-hybridized carbons (Fsp3) is 0.478. The summed E-state index contributed by atoms with van der Waals surface area (Å²) in [6.07, 6.45) is -4.05. The molecule has 2 aromatic carbocycles. The highest BCUT2D eigenvalue weighted by molar-refractivity contribution is 5.52. The molecule has 0 heterocycles. The molecule has 2 nitrogen and oxygen atoms in total. The Balaban J connectivity index is 2.27. The molecule has 29 heavy (non-hydrogen) atoms. The van der Waals surface area contributed by atoms with Crippen molar-refractivity contribution in [2.45, 2.75) is 58.3 Å². The number of hydrogen-bond donors (Lipinski definition) is 0. The van der Waals surface area contributed by atoms with E-state index in [1.54, 1.807) is 24.1 Å². The van der Waals surface area contributed by atoms with Gasteiger partial charge in [-0.15, -0.1) is 0 Å². The molecule has 0 N–H and O–H groups in total. The van der Waals surface area contributed by atoms with Gasteiger partial charge in [0.15, 0.2) is 0 Å². The first kappa shape index (κ1) is 23.0. The molecular formula is C23H30F4N2. The van der Waals surface area contributed by atoms with E-state index in [-0.39, 0.29) is 11.4 Å². The smallest absolute Gasteiger partial charge is 0.370 e. The Kier molecular flexibility index (Phi) is 6.26. The third-order valence-electron chi connectivity index (χ3n) is 5.52. The van der Waals surface area contributed by atoms with Crippen molar-refractivity contribution in [3.63, 3.8) is 0 Å². The first-order chi connectivity index (χ1) is 13.1. The van der Waals surface area contributed by atoms with Crippen molar-refractivity contribution in [2.75, 3.05) is 23.9 Å². The Bertz CT molecular complexity index is 851. The summed E-state index contributed by atoms with van der Waals surface area (Å²) in [4.78, 5) is 3.76. The summed E-state index contributed by atoms with van der Waals surface area (Å²) in [5, 5.41) is 0. The number of likely N-dealkylation sites (N-methyl/N-ethyl adjacent to an activating group) is 1. The van der Waals surface area contributed by atoms with Gasteiger partial charge >= 0.3 is 6.18 Å². The number of alkyl halides is 3. The number of nitrogens with zero attached hydrogens (tertiary/aromatic N) is 2. The molecule has 0 amide bonds. The van der Waals surface area contributed by atoms with Gasteiger partial charge in [0.2, 0.25) is 0 Å². The van der Waals surface area contributed by atoms with Crippen LogP contribution < -0.4 is 9.80 Å². The number of hydrogen-bond acceptors (Lipinski definition) is 2. The quantitative estimate of drug-likeness (QED) is 0.517. The zero-order valence-electron chi connectivity index (χ0n) is 18.2. The van der Waals surface area contributed by atoms with E-state index in [2.05, 4.69) is 0 Å². The SMILES string of the molecule is CN(c1ccc(CC(C)(C)N(C)c2cccc(C(F)(F)F)c2)c(F)c1)C(C)(C)C. The van der Waals surface area contributed by atoms with Crippen LogP contribution in [-0.2, 0) is 12.6 Å². The van der Waals surface area contributed by atoms with Gasteiger partial charge in [-0.3, -0.25) is 0 Å². The summed E-state index contributed by atoms with van der Waals surface area (Å²) >= 11 is 0. The van der Waals surface area contributed by atoms with E-state index in [0.717, 1.165) is 17.8 Å². The van der Waals surface area contributed by atoms with Gasteiger partial charge < -0.3 is 9.80 Å². The Hall–Kier alpha value is -2.24. The highest BCUT2D eigenvalue weighted by Crippen LogP contribution is 2.34. The van der Waals surface area contributed by atoms with Crippen LogP contribution in [0.2, 0.25) is 0 Å². The third-order valence-corrected chi connectivity index (χ3v) is 5.52. The molecule has 0 aliphatic rings. The van der Waals surface area contributed by atoms with E-state index in [0.29, 0.717) is 17.7 Å². The van der Waals surface area contributed by atoms with E-state index < -0.39 is 17.3 Å².